The number of dihydropyridines is 1. The smallest absolute Gasteiger partial charge is 0.121 e. The molecule has 2 N–H and O–H groups in total. The van der Waals surface area contributed by atoms with Crippen molar-refractivity contribution in [2.45, 2.75) is 6.04 Å². The molecule has 19 heavy (non-hydrogen) atoms. The fraction of sp³-hybridized carbons (Fsp3) is 0.0625. The lowest BCUT2D eigenvalue weighted by atomic mass is 10.0. The number of nitrogens with one attached hydrogen (secondary N) is 1. The van der Waals surface area contributed by atoms with Crippen LogP contribution in [0.1, 0.15) is 17.3 Å². The van der Waals surface area contributed by atoms with Gasteiger partial charge in [-0.15, -0.1) is 0 Å². The van der Waals surface area contributed by atoms with Crippen molar-refractivity contribution in [3.05, 3.63) is 78.1 Å². The highest BCUT2D eigenvalue weighted by Crippen LogP contribution is 2.28. The van der Waals surface area contributed by atoms with Crippen LogP contribution in [0.5, 0.6) is 5.75 Å². The average molecular weight is 250 g/mol. The molecule has 0 amide bonds. The van der Waals surface area contributed by atoms with Gasteiger partial charge in [-0.1, -0.05) is 36.4 Å². The second kappa shape index (κ2) is 4.98. The highest BCUT2D eigenvalue weighted by atomic mass is 16.3. The molecule has 1 aliphatic heterocycles. The number of para-hydroxylation sites is 1. The predicted molar refractivity (Wildman–Crippen MR) is 75.3 cm³/mol. The van der Waals surface area contributed by atoms with E-state index in [4.69, 9.17) is 0 Å². The Hall–Kier alpha value is -2.55. The van der Waals surface area contributed by atoms with Gasteiger partial charge in [0.1, 0.15) is 5.75 Å². The molecule has 0 bridgehead atoms. The standard InChI is InChI=1S/C16H14N2O/c19-16-10-2-1-6-12(16)13-8-5-9-15(18-13)14-7-3-4-11-17-14/h1-11,13,18-19H. The van der Waals surface area contributed by atoms with E-state index in [0.717, 1.165) is 17.0 Å². The Morgan fingerprint density at radius 1 is 1.05 bits per heavy atom. The normalized spacial score (nSPS) is 17.7. The highest BCUT2D eigenvalue weighted by Gasteiger charge is 2.16. The van der Waals surface area contributed by atoms with Crippen LogP contribution in [0.2, 0.25) is 0 Å². The minimum atomic E-state index is -0.0387. The maximum atomic E-state index is 9.91. The molecule has 1 aromatic carbocycles. The second-order valence-electron chi connectivity index (χ2n) is 4.36. The SMILES string of the molecule is Oc1ccccc1C1C=CC=C(c2ccccn2)N1. The van der Waals surface area contributed by atoms with Gasteiger partial charge in [0.15, 0.2) is 0 Å². The van der Waals surface area contributed by atoms with Gasteiger partial charge in [0.2, 0.25) is 0 Å². The monoisotopic (exact) mass is 250 g/mol. The molecular formula is C16H14N2O. The van der Waals surface area contributed by atoms with E-state index in [1.165, 1.54) is 0 Å². The van der Waals surface area contributed by atoms with Gasteiger partial charge in [0.25, 0.3) is 0 Å². The molecule has 3 heteroatoms. The fourth-order valence-electron chi connectivity index (χ4n) is 2.14. The first-order chi connectivity index (χ1) is 9.34. The number of benzene rings is 1. The molecule has 1 aromatic heterocycles. The molecule has 0 saturated heterocycles. The Balaban J connectivity index is 1.89. The number of nitrogens with zero attached hydrogens (tertiary/aromatic N) is 1. The van der Waals surface area contributed by atoms with E-state index in [9.17, 15) is 5.11 Å². The molecule has 0 fully saturated rings. The minimum Gasteiger partial charge on any atom is -0.508 e. The number of hydrogen-bond acceptors (Lipinski definition) is 3. The van der Waals surface area contributed by atoms with Crippen LogP contribution in [0.4, 0.5) is 0 Å². The van der Waals surface area contributed by atoms with E-state index in [-0.39, 0.29) is 6.04 Å². The Morgan fingerprint density at radius 3 is 2.68 bits per heavy atom. The Morgan fingerprint density at radius 2 is 1.89 bits per heavy atom. The summed E-state index contributed by atoms with van der Waals surface area (Å²) >= 11 is 0. The summed E-state index contributed by atoms with van der Waals surface area (Å²) in [4.78, 5) is 4.33. The van der Waals surface area contributed by atoms with Crippen molar-refractivity contribution in [3.8, 4) is 5.75 Å². The summed E-state index contributed by atoms with van der Waals surface area (Å²) in [5, 5.41) is 13.3. The zero-order valence-electron chi connectivity index (χ0n) is 10.3. The molecule has 3 rings (SSSR count). The zero-order chi connectivity index (χ0) is 13.1. The third-order valence-electron chi connectivity index (χ3n) is 3.09. The van der Waals surface area contributed by atoms with Crippen LogP contribution in [0.3, 0.4) is 0 Å². The molecule has 2 heterocycles. The van der Waals surface area contributed by atoms with Gasteiger partial charge in [0.05, 0.1) is 17.4 Å². The number of aromatic nitrogens is 1. The quantitative estimate of drug-likeness (QED) is 0.861. The van der Waals surface area contributed by atoms with Crippen molar-refractivity contribution in [1.29, 1.82) is 0 Å². The van der Waals surface area contributed by atoms with Crippen molar-refractivity contribution in [1.82, 2.24) is 10.3 Å². The average Bonchev–Trinajstić information content (AvgIpc) is 2.49. The van der Waals surface area contributed by atoms with E-state index in [1.807, 2.05) is 54.6 Å². The van der Waals surface area contributed by atoms with Crippen molar-refractivity contribution in [2.75, 3.05) is 0 Å². The van der Waals surface area contributed by atoms with Gasteiger partial charge < -0.3 is 10.4 Å². The summed E-state index contributed by atoms with van der Waals surface area (Å²) in [5.74, 6) is 0.298. The van der Waals surface area contributed by atoms with E-state index >= 15 is 0 Å². The fourth-order valence-corrected chi connectivity index (χ4v) is 2.14. The first kappa shape index (κ1) is 11.5. The van der Waals surface area contributed by atoms with Crippen LogP contribution in [-0.4, -0.2) is 10.1 Å². The Labute approximate surface area is 111 Å². The van der Waals surface area contributed by atoms with Crippen molar-refractivity contribution >= 4 is 5.70 Å². The van der Waals surface area contributed by atoms with Crippen LogP contribution >= 0.6 is 0 Å². The third-order valence-corrected chi connectivity index (χ3v) is 3.09. The lowest BCUT2D eigenvalue weighted by Gasteiger charge is -2.22. The van der Waals surface area contributed by atoms with Crippen molar-refractivity contribution in [3.63, 3.8) is 0 Å². The molecule has 0 spiro atoms. The maximum Gasteiger partial charge on any atom is 0.121 e. The summed E-state index contributed by atoms with van der Waals surface area (Å²) in [7, 11) is 0. The molecule has 94 valence electrons. The van der Waals surface area contributed by atoms with E-state index in [2.05, 4.69) is 10.3 Å². The summed E-state index contributed by atoms with van der Waals surface area (Å²) in [6.07, 6.45) is 7.75. The van der Waals surface area contributed by atoms with Gasteiger partial charge >= 0.3 is 0 Å². The number of aromatic hydroxyl groups is 1. The predicted octanol–water partition coefficient (Wildman–Crippen LogP) is 3.03. The number of phenolic OH excluding ortho intramolecular Hbond substituents is 1. The van der Waals surface area contributed by atoms with Crippen LogP contribution < -0.4 is 5.32 Å². The van der Waals surface area contributed by atoms with Crippen molar-refractivity contribution < 1.29 is 5.11 Å². The molecule has 3 nitrogen and oxygen atoms in total. The molecule has 1 atom stereocenters. The zero-order valence-corrected chi connectivity index (χ0v) is 10.3. The molecule has 1 unspecified atom stereocenters. The van der Waals surface area contributed by atoms with Gasteiger partial charge in [-0.25, -0.2) is 0 Å². The number of phenols is 1. The minimum absolute atomic E-state index is 0.0387. The molecule has 2 aromatic rings. The van der Waals surface area contributed by atoms with Gasteiger partial charge in [0, 0.05) is 11.8 Å². The summed E-state index contributed by atoms with van der Waals surface area (Å²) in [6.45, 7) is 0. The van der Waals surface area contributed by atoms with E-state index < -0.39 is 0 Å². The lowest BCUT2D eigenvalue weighted by Crippen LogP contribution is -2.21. The van der Waals surface area contributed by atoms with Gasteiger partial charge in [-0.3, -0.25) is 4.98 Å². The van der Waals surface area contributed by atoms with Gasteiger partial charge in [-0.05, 0) is 24.3 Å². The number of hydrogen-bond donors (Lipinski definition) is 2. The van der Waals surface area contributed by atoms with Crippen LogP contribution in [0, 0.1) is 0 Å². The first-order valence-electron chi connectivity index (χ1n) is 6.19. The number of rotatable bonds is 2. The topological polar surface area (TPSA) is 45.2 Å². The van der Waals surface area contributed by atoms with Crippen LogP contribution in [0.15, 0.2) is 66.9 Å². The second-order valence-corrected chi connectivity index (χ2v) is 4.36. The van der Waals surface area contributed by atoms with Gasteiger partial charge in [-0.2, -0.15) is 0 Å². The van der Waals surface area contributed by atoms with E-state index in [0.29, 0.717) is 5.75 Å². The largest absolute Gasteiger partial charge is 0.508 e. The summed E-state index contributed by atoms with van der Waals surface area (Å²) < 4.78 is 0. The number of pyridine rings is 1. The molecule has 1 aliphatic rings. The molecule has 0 aliphatic carbocycles. The molecular weight excluding hydrogens is 236 g/mol. The molecule has 0 radical (unpaired) electrons. The molecule has 0 saturated carbocycles. The van der Waals surface area contributed by atoms with E-state index in [1.54, 1.807) is 12.3 Å². The Bertz CT molecular complexity index is 632. The lowest BCUT2D eigenvalue weighted by molar-refractivity contribution is 0.463. The van der Waals surface area contributed by atoms with Crippen LogP contribution in [0.25, 0.3) is 5.70 Å². The third kappa shape index (κ3) is 2.36. The maximum absolute atomic E-state index is 9.91. The Kier molecular flexibility index (Phi) is 3.02. The summed E-state index contributed by atoms with van der Waals surface area (Å²) in [6, 6.07) is 13.1. The highest BCUT2D eigenvalue weighted by molar-refractivity contribution is 5.65. The number of allylic oxidation sites excluding steroid dienone is 2. The summed E-state index contributed by atoms with van der Waals surface area (Å²) in [5.41, 5.74) is 2.71. The van der Waals surface area contributed by atoms with Crippen LogP contribution in [-0.2, 0) is 0 Å². The van der Waals surface area contributed by atoms with Crippen molar-refractivity contribution in [2.24, 2.45) is 0 Å². The first-order valence-corrected chi connectivity index (χ1v) is 6.19.